The number of carbonyl (C=O) groups is 1. The number of hydrogen-bond donors (Lipinski definition) is 3. The van der Waals surface area contributed by atoms with Crippen molar-refractivity contribution in [2.75, 3.05) is 11.1 Å². The Kier molecular flexibility index (Phi) is 5.27. The third-order valence-corrected chi connectivity index (χ3v) is 6.21. The van der Waals surface area contributed by atoms with E-state index in [1.54, 1.807) is 30.0 Å². The third kappa shape index (κ3) is 4.00. The number of rotatable bonds is 6. The van der Waals surface area contributed by atoms with E-state index in [0.29, 0.717) is 16.7 Å². The van der Waals surface area contributed by atoms with E-state index >= 15 is 0 Å². The summed E-state index contributed by atoms with van der Waals surface area (Å²) in [5.74, 6) is 0.816. The van der Waals surface area contributed by atoms with Crippen LogP contribution in [-0.2, 0) is 4.79 Å². The lowest BCUT2D eigenvalue weighted by molar-refractivity contribution is -0.115. The van der Waals surface area contributed by atoms with Crippen LogP contribution in [0.15, 0.2) is 31.7 Å². The van der Waals surface area contributed by atoms with Crippen molar-refractivity contribution in [2.45, 2.75) is 27.8 Å². The normalized spacial score (nSPS) is 12.4. The van der Waals surface area contributed by atoms with E-state index < -0.39 is 0 Å². The molecular formula is C14H15N5O2S3. The van der Waals surface area contributed by atoms with Gasteiger partial charge >= 0.3 is 5.69 Å². The molecule has 0 saturated heterocycles. The minimum Gasteiger partial charge on any atom is -0.325 e. The molecule has 0 radical (unpaired) electrons. The highest BCUT2D eigenvalue weighted by Crippen LogP contribution is 2.31. The van der Waals surface area contributed by atoms with Gasteiger partial charge in [0.25, 0.3) is 0 Å². The molecule has 1 aromatic carbocycles. The summed E-state index contributed by atoms with van der Waals surface area (Å²) in [5, 5.41) is 10.7. The SMILES string of the molecule is CCSc1nnc(S[C@H](C)C(=O)Nc2ccc3[nH]c(=O)[nH]c3c2)s1. The molecule has 10 heteroatoms. The predicted octanol–water partition coefficient (Wildman–Crippen LogP) is 2.94. The van der Waals surface area contributed by atoms with Gasteiger partial charge in [-0.2, -0.15) is 0 Å². The molecule has 0 unspecified atom stereocenters. The third-order valence-electron chi connectivity index (χ3n) is 3.09. The molecule has 24 heavy (non-hydrogen) atoms. The highest BCUT2D eigenvalue weighted by molar-refractivity contribution is 8.03. The van der Waals surface area contributed by atoms with Crippen LogP contribution < -0.4 is 11.0 Å². The lowest BCUT2D eigenvalue weighted by Crippen LogP contribution is -2.22. The van der Waals surface area contributed by atoms with Crippen molar-refractivity contribution >= 4 is 57.5 Å². The summed E-state index contributed by atoms with van der Waals surface area (Å²) in [7, 11) is 0. The Morgan fingerprint density at radius 3 is 2.83 bits per heavy atom. The number of benzene rings is 1. The number of fused-ring (bicyclic) bond motifs is 1. The molecule has 2 heterocycles. The van der Waals surface area contributed by atoms with Crippen molar-refractivity contribution in [3.63, 3.8) is 0 Å². The van der Waals surface area contributed by atoms with E-state index in [4.69, 9.17) is 0 Å². The Morgan fingerprint density at radius 1 is 1.29 bits per heavy atom. The van der Waals surface area contributed by atoms with Crippen molar-refractivity contribution in [3.05, 3.63) is 28.7 Å². The van der Waals surface area contributed by atoms with Crippen LogP contribution in [-0.4, -0.2) is 37.1 Å². The first-order valence-corrected chi connectivity index (χ1v) is 9.89. The topological polar surface area (TPSA) is 104 Å². The van der Waals surface area contributed by atoms with Crippen LogP contribution in [0.5, 0.6) is 0 Å². The molecule has 3 aromatic rings. The van der Waals surface area contributed by atoms with E-state index in [1.165, 1.54) is 23.1 Å². The maximum Gasteiger partial charge on any atom is 0.323 e. The number of anilines is 1. The predicted molar refractivity (Wildman–Crippen MR) is 99.2 cm³/mol. The Hall–Kier alpha value is -1.78. The van der Waals surface area contributed by atoms with Crippen molar-refractivity contribution in [1.82, 2.24) is 20.2 Å². The molecule has 1 amide bonds. The fraction of sp³-hybridized carbons (Fsp3) is 0.286. The number of amides is 1. The fourth-order valence-electron chi connectivity index (χ4n) is 1.99. The van der Waals surface area contributed by atoms with E-state index in [2.05, 4.69) is 32.4 Å². The Balaban J connectivity index is 1.64. The van der Waals surface area contributed by atoms with Gasteiger partial charge in [0.05, 0.1) is 16.3 Å². The Morgan fingerprint density at radius 2 is 2.04 bits per heavy atom. The second-order valence-electron chi connectivity index (χ2n) is 4.86. The van der Waals surface area contributed by atoms with Gasteiger partial charge in [-0.15, -0.1) is 10.2 Å². The van der Waals surface area contributed by atoms with Crippen LogP contribution in [0.2, 0.25) is 0 Å². The summed E-state index contributed by atoms with van der Waals surface area (Å²) in [5.41, 5.74) is 1.72. The number of hydrogen-bond acceptors (Lipinski definition) is 7. The van der Waals surface area contributed by atoms with Crippen LogP contribution in [0.3, 0.4) is 0 Å². The first-order valence-electron chi connectivity index (χ1n) is 7.21. The molecule has 0 saturated carbocycles. The van der Waals surface area contributed by atoms with Crippen molar-refractivity contribution < 1.29 is 4.79 Å². The molecule has 0 fully saturated rings. The summed E-state index contributed by atoms with van der Waals surface area (Å²) in [4.78, 5) is 28.9. The monoisotopic (exact) mass is 381 g/mol. The second kappa shape index (κ2) is 7.41. The number of aromatic amines is 2. The summed E-state index contributed by atoms with van der Waals surface area (Å²) in [6.45, 7) is 3.88. The van der Waals surface area contributed by atoms with Gasteiger partial charge in [-0.25, -0.2) is 4.79 Å². The molecule has 126 valence electrons. The molecule has 0 aliphatic carbocycles. The van der Waals surface area contributed by atoms with Gasteiger partial charge in [0.15, 0.2) is 8.68 Å². The van der Waals surface area contributed by atoms with Gasteiger partial charge in [0, 0.05) is 5.69 Å². The molecule has 3 N–H and O–H groups in total. The maximum absolute atomic E-state index is 12.3. The molecule has 2 aromatic heterocycles. The average Bonchev–Trinajstić information content (AvgIpc) is 3.12. The lowest BCUT2D eigenvalue weighted by Gasteiger charge is -2.10. The van der Waals surface area contributed by atoms with Crippen LogP contribution >= 0.6 is 34.9 Å². The van der Waals surface area contributed by atoms with Crippen molar-refractivity contribution in [3.8, 4) is 0 Å². The fourth-order valence-corrected chi connectivity index (χ4v) is 5.05. The van der Waals surface area contributed by atoms with Crippen LogP contribution in [0, 0.1) is 0 Å². The molecular weight excluding hydrogens is 366 g/mol. The van der Waals surface area contributed by atoms with Crippen LogP contribution in [0.25, 0.3) is 11.0 Å². The molecule has 0 bridgehead atoms. The number of carbonyl (C=O) groups excluding carboxylic acids is 1. The number of H-pyrrole nitrogens is 2. The molecule has 3 rings (SSSR count). The van der Waals surface area contributed by atoms with Gasteiger partial charge in [-0.05, 0) is 30.9 Å². The second-order valence-corrected chi connectivity index (χ2v) is 8.93. The first kappa shape index (κ1) is 17.1. The van der Waals surface area contributed by atoms with Gasteiger partial charge in [-0.1, -0.05) is 41.8 Å². The van der Waals surface area contributed by atoms with E-state index in [-0.39, 0.29) is 16.8 Å². The van der Waals surface area contributed by atoms with Gasteiger partial charge in [0.2, 0.25) is 5.91 Å². The number of aromatic nitrogens is 4. The zero-order chi connectivity index (χ0) is 17.1. The standard InChI is InChI=1S/C14H15N5O2S3/c1-3-22-13-18-19-14(24-13)23-7(2)11(20)15-8-4-5-9-10(6-8)17-12(21)16-9/h4-7H,3H2,1-2H3,(H,15,20)(H2,16,17,21)/t7-/m1/s1. The Labute approximate surface area is 150 Å². The van der Waals surface area contributed by atoms with Crippen LogP contribution in [0.4, 0.5) is 5.69 Å². The highest BCUT2D eigenvalue weighted by Gasteiger charge is 2.17. The minimum atomic E-state index is -0.307. The number of nitrogens with zero attached hydrogens (tertiary/aromatic N) is 2. The van der Waals surface area contributed by atoms with E-state index in [1.807, 2.05) is 6.92 Å². The number of nitrogens with one attached hydrogen (secondary N) is 3. The van der Waals surface area contributed by atoms with Gasteiger partial charge in [0.1, 0.15) is 0 Å². The van der Waals surface area contributed by atoms with Crippen LogP contribution in [0.1, 0.15) is 13.8 Å². The van der Waals surface area contributed by atoms with Crippen molar-refractivity contribution in [2.24, 2.45) is 0 Å². The highest BCUT2D eigenvalue weighted by atomic mass is 32.2. The van der Waals surface area contributed by atoms with Gasteiger partial charge in [-0.3, -0.25) is 4.79 Å². The summed E-state index contributed by atoms with van der Waals surface area (Å²) < 4.78 is 1.69. The minimum absolute atomic E-state index is 0.128. The molecule has 1 atom stereocenters. The average molecular weight is 382 g/mol. The number of thioether (sulfide) groups is 2. The molecule has 0 aliphatic heterocycles. The molecule has 0 spiro atoms. The largest absolute Gasteiger partial charge is 0.325 e. The zero-order valence-electron chi connectivity index (χ0n) is 13.0. The summed E-state index contributed by atoms with van der Waals surface area (Å²) >= 11 is 4.51. The van der Waals surface area contributed by atoms with E-state index in [0.717, 1.165) is 14.4 Å². The zero-order valence-corrected chi connectivity index (χ0v) is 15.4. The quantitative estimate of drug-likeness (QED) is 0.567. The van der Waals surface area contributed by atoms with E-state index in [9.17, 15) is 9.59 Å². The molecule has 7 nitrogen and oxygen atoms in total. The molecule has 0 aliphatic rings. The van der Waals surface area contributed by atoms with Gasteiger partial charge < -0.3 is 15.3 Å². The summed E-state index contributed by atoms with van der Waals surface area (Å²) in [6, 6.07) is 5.23. The number of imidazole rings is 1. The summed E-state index contributed by atoms with van der Waals surface area (Å²) in [6.07, 6.45) is 0. The Bertz CT molecular complexity index is 916. The smallest absolute Gasteiger partial charge is 0.323 e. The lowest BCUT2D eigenvalue weighted by atomic mass is 10.2. The first-order chi connectivity index (χ1) is 11.5. The maximum atomic E-state index is 12.3. The van der Waals surface area contributed by atoms with Crippen molar-refractivity contribution in [1.29, 1.82) is 0 Å².